The number of aryl methyl sites for hydroxylation is 3. The van der Waals surface area contributed by atoms with Crippen LogP contribution in [0.25, 0.3) is 11.5 Å². The Morgan fingerprint density at radius 3 is 2.70 bits per heavy atom. The SMILES string of the molecule is CCn1nc(-c2ncc(C)n2CC2CC2)c2c1CCN(C(=O)CCc1ccc(OC)cc1)C2. The fourth-order valence-electron chi connectivity index (χ4n) is 4.79. The molecule has 1 saturated carbocycles. The second-order valence-electron chi connectivity index (χ2n) is 9.28. The van der Waals surface area contributed by atoms with Gasteiger partial charge in [-0.1, -0.05) is 12.1 Å². The predicted octanol–water partition coefficient (Wildman–Crippen LogP) is 4.01. The van der Waals surface area contributed by atoms with Gasteiger partial charge in [-0.05, 0) is 56.7 Å². The van der Waals surface area contributed by atoms with Crippen molar-refractivity contribution in [3.63, 3.8) is 0 Å². The summed E-state index contributed by atoms with van der Waals surface area (Å²) in [5.74, 6) is 2.75. The van der Waals surface area contributed by atoms with Crippen molar-refractivity contribution >= 4 is 5.91 Å². The van der Waals surface area contributed by atoms with Crippen molar-refractivity contribution in [1.82, 2.24) is 24.2 Å². The van der Waals surface area contributed by atoms with E-state index >= 15 is 0 Å². The molecule has 7 heteroatoms. The van der Waals surface area contributed by atoms with Gasteiger partial charge in [0.2, 0.25) is 5.91 Å². The largest absolute Gasteiger partial charge is 0.497 e. The van der Waals surface area contributed by atoms with E-state index in [0.717, 1.165) is 61.2 Å². The number of methoxy groups -OCH3 is 1. The quantitative estimate of drug-likeness (QED) is 0.523. The highest BCUT2D eigenvalue weighted by molar-refractivity contribution is 5.77. The summed E-state index contributed by atoms with van der Waals surface area (Å²) in [4.78, 5) is 19.9. The molecule has 2 aromatic heterocycles. The molecule has 0 spiro atoms. The lowest BCUT2D eigenvalue weighted by atomic mass is 10.0. The zero-order valence-electron chi connectivity index (χ0n) is 19.9. The predicted molar refractivity (Wildman–Crippen MR) is 127 cm³/mol. The summed E-state index contributed by atoms with van der Waals surface area (Å²) in [7, 11) is 1.66. The van der Waals surface area contributed by atoms with Gasteiger partial charge in [-0.15, -0.1) is 0 Å². The van der Waals surface area contributed by atoms with Crippen LogP contribution >= 0.6 is 0 Å². The van der Waals surface area contributed by atoms with Crippen LogP contribution in [0.15, 0.2) is 30.5 Å². The normalized spacial score (nSPS) is 15.5. The van der Waals surface area contributed by atoms with Crippen molar-refractivity contribution in [2.75, 3.05) is 13.7 Å². The molecule has 5 rings (SSSR count). The molecule has 1 aliphatic heterocycles. The monoisotopic (exact) mass is 447 g/mol. The number of benzene rings is 1. The highest BCUT2D eigenvalue weighted by Crippen LogP contribution is 2.35. The molecule has 1 aromatic carbocycles. The number of rotatable bonds is 8. The number of hydrogen-bond donors (Lipinski definition) is 0. The second kappa shape index (κ2) is 9.04. The summed E-state index contributed by atoms with van der Waals surface area (Å²) in [5.41, 5.74) is 5.71. The summed E-state index contributed by atoms with van der Waals surface area (Å²) >= 11 is 0. The number of ether oxygens (including phenoxy) is 1. The first-order chi connectivity index (χ1) is 16.1. The Hall–Kier alpha value is -3.09. The number of hydrogen-bond acceptors (Lipinski definition) is 4. The Morgan fingerprint density at radius 1 is 1.21 bits per heavy atom. The van der Waals surface area contributed by atoms with Gasteiger partial charge in [0.05, 0.1) is 7.11 Å². The maximum Gasteiger partial charge on any atom is 0.223 e. The minimum atomic E-state index is 0.198. The summed E-state index contributed by atoms with van der Waals surface area (Å²) in [6.07, 6.45) is 6.64. The molecule has 0 bridgehead atoms. The second-order valence-corrected chi connectivity index (χ2v) is 9.28. The lowest BCUT2D eigenvalue weighted by Gasteiger charge is -2.28. The zero-order chi connectivity index (χ0) is 22.9. The third kappa shape index (κ3) is 4.41. The Kier molecular flexibility index (Phi) is 5.96. The summed E-state index contributed by atoms with van der Waals surface area (Å²) in [6, 6.07) is 7.96. The van der Waals surface area contributed by atoms with Crippen LogP contribution in [-0.2, 0) is 37.3 Å². The Balaban J connectivity index is 1.35. The van der Waals surface area contributed by atoms with Gasteiger partial charge in [0, 0.05) is 62.2 Å². The van der Waals surface area contributed by atoms with Crippen LogP contribution in [0.1, 0.15) is 48.7 Å². The Bertz CT molecular complexity index is 1140. The summed E-state index contributed by atoms with van der Waals surface area (Å²) < 4.78 is 9.66. The third-order valence-electron chi connectivity index (χ3n) is 6.98. The summed E-state index contributed by atoms with van der Waals surface area (Å²) in [5, 5.41) is 4.97. The molecule has 0 saturated heterocycles. The number of amides is 1. The molecule has 33 heavy (non-hydrogen) atoms. The molecular formula is C26H33N5O2. The fraction of sp³-hybridized carbons (Fsp3) is 0.500. The van der Waals surface area contributed by atoms with E-state index in [0.29, 0.717) is 13.0 Å². The highest BCUT2D eigenvalue weighted by atomic mass is 16.5. The number of aromatic nitrogens is 4. The van der Waals surface area contributed by atoms with E-state index in [9.17, 15) is 4.79 Å². The van der Waals surface area contributed by atoms with Gasteiger partial charge in [-0.2, -0.15) is 5.10 Å². The summed E-state index contributed by atoms with van der Waals surface area (Å²) in [6.45, 7) is 7.45. The first-order valence-corrected chi connectivity index (χ1v) is 12.1. The van der Waals surface area contributed by atoms with Gasteiger partial charge in [-0.25, -0.2) is 4.98 Å². The average Bonchev–Trinajstić information content (AvgIpc) is 3.50. The van der Waals surface area contributed by atoms with Crippen LogP contribution in [0.2, 0.25) is 0 Å². The van der Waals surface area contributed by atoms with Gasteiger partial charge >= 0.3 is 0 Å². The highest BCUT2D eigenvalue weighted by Gasteiger charge is 2.31. The van der Waals surface area contributed by atoms with Gasteiger partial charge in [-0.3, -0.25) is 9.48 Å². The zero-order valence-corrected chi connectivity index (χ0v) is 19.9. The smallest absolute Gasteiger partial charge is 0.223 e. The Labute approximate surface area is 195 Å². The number of carbonyl (C=O) groups is 1. The Morgan fingerprint density at radius 2 is 2.00 bits per heavy atom. The van der Waals surface area contributed by atoms with E-state index in [4.69, 9.17) is 14.8 Å². The molecule has 174 valence electrons. The van der Waals surface area contributed by atoms with Crippen molar-refractivity contribution in [2.45, 2.75) is 65.6 Å². The van der Waals surface area contributed by atoms with E-state index in [1.54, 1.807) is 7.11 Å². The average molecular weight is 448 g/mol. The van der Waals surface area contributed by atoms with Crippen molar-refractivity contribution in [3.8, 4) is 17.3 Å². The van der Waals surface area contributed by atoms with E-state index in [-0.39, 0.29) is 5.91 Å². The minimum Gasteiger partial charge on any atom is -0.497 e. The van der Waals surface area contributed by atoms with Gasteiger partial charge in [0.25, 0.3) is 0 Å². The standard InChI is InChI=1S/C26H33N5O2/c1-4-31-23-13-14-29(24(32)12-9-19-7-10-21(33-3)11-8-19)17-22(23)25(28-31)26-27-15-18(2)30(26)16-20-5-6-20/h7-8,10-11,15,20H,4-6,9,12-14,16-17H2,1-3H3. The minimum absolute atomic E-state index is 0.198. The lowest BCUT2D eigenvalue weighted by molar-refractivity contribution is -0.132. The van der Waals surface area contributed by atoms with Gasteiger partial charge in [0.15, 0.2) is 5.82 Å². The van der Waals surface area contributed by atoms with E-state index in [1.165, 1.54) is 29.8 Å². The third-order valence-corrected chi connectivity index (χ3v) is 6.98. The molecule has 1 amide bonds. The van der Waals surface area contributed by atoms with Crippen LogP contribution < -0.4 is 4.74 Å². The van der Waals surface area contributed by atoms with E-state index in [2.05, 4.69) is 23.1 Å². The lowest BCUT2D eigenvalue weighted by Crippen LogP contribution is -2.36. The van der Waals surface area contributed by atoms with E-state index < -0.39 is 0 Å². The van der Waals surface area contributed by atoms with Crippen LogP contribution in [0.4, 0.5) is 0 Å². The maximum atomic E-state index is 13.1. The van der Waals surface area contributed by atoms with Crippen molar-refractivity contribution < 1.29 is 9.53 Å². The van der Waals surface area contributed by atoms with Gasteiger partial charge < -0.3 is 14.2 Å². The first kappa shape index (κ1) is 21.7. The first-order valence-electron chi connectivity index (χ1n) is 12.1. The van der Waals surface area contributed by atoms with Crippen molar-refractivity contribution in [2.24, 2.45) is 5.92 Å². The number of fused-ring (bicyclic) bond motifs is 1. The van der Waals surface area contributed by atoms with E-state index in [1.807, 2.05) is 35.4 Å². The van der Waals surface area contributed by atoms with Crippen LogP contribution in [0, 0.1) is 12.8 Å². The molecule has 1 aliphatic carbocycles. The van der Waals surface area contributed by atoms with Crippen LogP contribution in [0.3, 0.4) is 0 Å². The molecule has 0 radical (unpaired) electrons. The van der Waals surface area contributed by atoms with Gasteiger partial charge in [0.1, 0.15) is 11.4 Å². The molecule has 0 atom stereocenters. The topological polar surface area (TPSA) is 65.2 Å². The van der Waals surface area contributed by atoms with Crippen LogP contribution in [0.5, 0.6) is 5.75 Å². The molecule has 0 N–H and O–H groups in total. The van der Waals surface area contributed by atoms with Crippen molar-refractivity contribution in [3.05, 3.63) is 53.0 Å². The fourth-order valence-corrected chi connectivity index (χ4v) is 4.79. The number of nitrogens with zero attached hydrogens (tertiary/aromatic N) is 5. The van der Waals surface area contributed by atoms with Crippen molar-refractivity contribution in [1.29, 1.82) is 0 Å². The number of carbonyl (C=O) groups excluding carboxylic acids is 1. The molecular weight excluding hydrogens is 414 g/mol. The molecule has 3 aromatic rings. The molecule has 0 unspecified atom stereocenters. The molecule has 1 fully saturated rings. The van der Waals surface area contributed by atoms with Crippen LogP contribution in [-0.4, -0.2) is 43.8 Å². The molecule has 7 nitrogen and oxygen atoms in total. The molecule has 3 heterocycles. The molecule has 2 aliphatic rings. The number of imidazole rings is 1. The maximum absolute atomic E-state index is 13.1.